The van der Waals surface area contributed by atoms with E-state index >= 15 is 0 Å². The Balaban J connectivity index is 2.14. The maximum absolute atomic E-state index is 12.5. The zero-order valence-corrected chi connectivity index (χ0v) is 13.6. The fourth-order valence-electron chi connectivity index (χ4n) is 2.07. The van der Waals surface area contributed by atoms with Crippen LogP contribution in [0.3, 0.4) is 0 Å². The fourth-order valence-corrected chi connectivity index (χ4v) is 2.07. The molecule has 0 aliphatic rings. The summed E-state index contributed by atoms with van der Waals surface area (Å²) in [5.41, 5.74) is 2.49. The van der Waals surface area contributed by atoms with Crippen LogP contribution < -0.4 is 14.9 Å². The highest BCUT2D eigenvalue weighted by Crippen LogP contribution is 2.26. The molecule has 2 aromatic rings. The number of aryl methyl sites for hydroxylation is 2. The minimum Gasteiger partial charge on any atom is -0.466 e. The molecule has 1 amide bonds. The van der Waals surface area contributed by atoms with Crippen LogP contribution in [-0.2, 0) is 0 Å². The van der Waals surface area contributed by atoms with Crippen molar-refractivity contribution in [3.63, 3.8) is 0 Å². The van der Waals surface area contributed by atoms with Crippen molar-refractivity contribution in [1.29, 1.82) is 0 Å². The molecule has 10 heteroatoms. The Labute approximate surface area is 145 Å². The van der Waals surface area contributed by atoms with E-state index in [0.29, 0.717) is 11.5 Å². The number of hydrazone groups is 1. The topological polar surface area (TPSA) is 73.1 Å². The summed E-state index contributed by atoms with van der Waals surface area (Å²) in [6.07, 6.45) is 1.03. The van der Waals surface area contributed by atoms with Crippen LogP contribution >= 0.6 is 0 Å². The molecule has 0 aliphatic carbocycles. The molecule has 2 rings (SSSR count). The zero-order valence-electron chi connectivity index (χ0n) is 13.6. The predicted molar refractivity (Wildman–Crippen MR) is 82.9 cm³/mol. The molecule has 6 nitrogen and oxygen atoms in total. The van der Waals surface area contributed by atoms with Crippen LogP contribution in [0.1, 0.15) is 27.4 Å². The van der Waals surface area contributed by atoms with Gasteiger partial charge in [-0.05, 0) is 32.0 Å². The molecule has 1 aromatic heterocycles. The molecule has 0 unspecified atom stereocenters. The number of hydrogen-bond acceptors (Lipinski definition) is 5. The molecule has 1 heterocycles. The first-order chi connectivity index (χ1) is 12.3. The largest absolute Gasteiger partial charge is 0.466 e. The summed E-state index contributed by atoms with van der Waals surface area (Å²) in [4.78, 5) is 12.0. The number of carbonyl (C=O) groups is 1. The van der Waals surface area contributed by atoms with Gasteiger partial charge >= 0.3 is 13.2 Å². The molecule has 1 aromatic carbocycles. The standard InChI is InChI=1S/C16H14F4N2O4/c1-8-5-12(9(2)24-8)14(23)22-21-7-10-3-4-11(25-15(17)18)6-13(10)26-16(19)20/h3-7,15-16H,1-2H3,(H,22,23). The van der Waals surface area contributed by atoms with Crippen molar-refractivity contribution in [2.24, 2.45) is 5.10 Å². The minimum atomic E-state index is -3.19. The lowest BCUT2D eigenvalue weighted by molar-refractivity contribution is -0.0543. The number of nitrogens with one attached hydrogen (secondary N) is 1. The van der Waals surface area contributed by atoms with Gasteiger partial charge in [0.1, 0.15) is 23.0 Å². The van der Waals surface area contributed by atoms with Crippen LogP contribution in [0, 0.1) is 13.8 Å². The van der Waals surface area contributed by atoms with E-state index in [0.717, 1.165) is 18.3 Å². The van der Waals surface area contributed by atoms with Gasteiger partial charge in [-0.3, -0.25) is 4.79 Å². The van der Waals surface area contributed by atoms with Crippen LogP contribution in [0.2, 0.25) is 0 Å². The van der Waals surface area contributed by atoms with Crippen molar-refractivity contribution >= 4 is 12.1 Å². The summed E-state index contributed by atoms with van der Waals surface area (Å²) in [7, 11) is 0. The van der Waals surface area contributed by atoms with Crippen molar-refractivity contribution in [2.45, 2.75) is 27.1 Å². The van der Waals surface area contributed by atoms with E-state index in [1.165, 1.54) is 12.1 Å². The van der Waals surface area contributed by atoms with E-state index in [2.05, 4.69) is 20.0 Å². The number of hydrogen-bond donors (Lipinski definition) is 1. The molecule has 26 heavy (non-hydrogen) atoms. The number of rotatable bonds is 7. The van der Waals surface area contributed by atoms with Gasteiger partial charge in [0.05, 0.1) is 11.8 Å². The summed E-state index contributed by atoms with van der Waals surface area (Å²) in [6.45, 7) is -3.03. The molecular formula is C16H14F4N2O4. The van der Waals surface area contributed by atoms with Gasteiger partial charge in [-0.1, -0.05) is 0 Å². The third-order valence-corrected chi connectivity index (χ3v) is 3.08. The first-order valence-electron chi connectivity index (χ1n) is 7.20. The predicted octanol–water partition coefficient (Wildman–Crippen LogP) is 3.86. The lowest BCUT2D eigenvalue weighted by Gasteiger charge is -2.10. The van der Waals surface area contributed by atoms with Gasteiger partial charge in [0.25, 0.3) is 5.91 Å². The third-order valence-electron chi connectivity index (χ3n) is 3.08. The van der Waals surface area contributed by atoms with Gasteiger partial charge < -0.3 is 13.9 Å². The molecule has 0 bridgehead atoms. The average Bonchev–Trinajstić information content (AvgIpc) is 2.86. The lowest BCUT2D eigenvalue weighted by atomic mass is 10.2. The van der Waals surface area contributed by atoms with Crippen LogP contribution in [-0.4, -0.2) is 25.3 Å². The molecular weight excluding hydrogens is 360 g/mol. The molecule has 0 aliphatic heterocycles. The number of nitrogens with zero attached hydrogens (tertiary/aromatic N) is 1. The summed E-state index contributed by atoms with van der Waals surface area (Å²) in [5, 5.41) is 3.65. The quantitative estimate of drug-likeness (QED) is 0.454. The van der Waals surface area contributed by atoms with Gasteiger partial charge in [0, 0.05) is 11.6 Å². The van der Waals surface area contributed by atoms with E-state index in [9.17, 15) is 22.4 Å². The van der Waals surface area contributed by atoms with E-state index in [-0.39, 0.29) is 16.9 Å². The first kappa shape index (κ1) is 19.3. The average molecular weight is 374 g/mol. The molecule has 0 radical (unpaired) electrons. The van der Waals surface area contributed by atoms with E-state index in [4.69, 9.17) is 4.42 Å². The van der Waals surface area contributed by atoms with Crippen LogP contribution in [0.5, 0.6) is 11.5 Å². The van der Waals surface area contributed by atoms with E-state index in [1.807, 2.05) is 0 Å². The van der Waals surface area contributed by atoms with Crippen LogP contribution in [0.25, 0.3) is 0 Å². The van der Waals surface area contributed by atoms with Gasteiger partial charge in [-0.2, -0.15) is 22.7 Å². The van der Waals surface area contributed by atoms with Gasteiger partial charge in [-0.15, -0.1) is 0 Å². The molecule has 140 valence electrons. The Kier molecular flexibility index (Phi) is 6.21. The van der Waals surface area contributed by atoms with Crippen molar-refractivity contribution < 1.29 is 36.2 Å². The Morgan fingerprint density at radius 1 is 1.15 bits per heavy atom. The zero-order chi connectivity index (χ0) is 19.3. The van der Waals surface area contributed by atoms with Gasteiger partial charge in [-0.25, -0.2) is 5.43 Å². The normalized spacial score (nSPS) is 11.4. The summed E-state index contributed by atoms with van der Waals surface area (Å²) in [6, 6.07) is 4.68. The Hall–Kier alpha value is -3.04. The minimum absolute atomic E-state index is 0.0207. The van der Waals surface area contributed by atoms with Gasteiger partial charge in [0.2, 0.25) is 0 Å². The van der Waals surface area contributed by atoms with Crippen molar-refractivity contribution in [2.75, 3.05) is 0 Å². The monoisotopic (exact) mass is 374 g/mol. The number of furan rings is 1. The second-order valence-electron chi connectivity index (χ2n) is 4.98. The lowest BCUT2D eigenvalue weighted by Crippen LogP contribution is -2.18. The summed E-state index contributed by atoms with van der Waals surface area (Å²) in [5.74, 6) is -0.429. The SMILES string of the molecule is Cc1cc(C(=O)NN=Cc2ccc(OC(F)F)cc2OC(F)F)c(C)o1. The van der Waals surface area contributed by atoms with Crippen molar-refractivity contribution in [3.05, 3.63) is 46.9 Å². The Morgan fingerprint density at radius 2 is 1.85 bits per heavy atom. The highest BCUT2D eigenvalue weighted by atomic mass is 19.3. The second kappa shape index (κ2) is 8.37. The highest BCUT2D eigenvalue weighted by Gasteiger charge is 2.14. The smallest absolute Gasteiger partial charge is 0.387 e. The molecule has 0 saturated heterocycles. The van der Waals surface area contributed by atoms with E-state index < -0.39 is 24.9 Å². The highest BCUT2D eigenvalue weighted by molar-refractivity contribution is 5.96. The van der Waals surface area contributed by atoms with Crippen molar-refractivity contribution in [3.8, 4) is 11.5 Å². The Bertz CT molecular complexity index is 806. The number of carbonyl (C=O) groups excluding carboxylic acids is 1. The fraction of sp³-hybridized carbons (Fsp3) is 0.250. The summed E-state index contributed by atoms with van der Waals surface area (Å²) >= 11 is 0. The first-order valence-corrected chi connectivity index (χ1v) is 7.20. The number of ether oxygens (including phenoxy) is 2. The Morgan fingerprint density at radius 3 is 2.42 bits per heavy atom. The number of alkyl halides is 4. The van der Waals surface area contributed by atoms with Crippen LogP contribution in [0.15, 0.2) is 33.8 Å². The maximum atomic E-state index is 12.5. The molecule has 0 fully saturated rings. The number of amides is 1. The molecule has 0 spiro atoms. The molecule has 1 N–H and O–H groups in total. The molecule has 0 atom stereocenters. The second-order valence-corrected chi connectivity index (χ2v) is 4.98. The molecule has 0 saturated carbocycles. The van der Waals surface area contributed by atoms with E-state index in [1.54, 1.807) is 13.8 Å². The van der Waals surface area contributed by atoms with Crippen molar-refractivity contribution in [1.82, 2.24) is 5.43 Å². The van der Waals surface area contributed by atoms with Crippen LogP contribution in [0.4, 0.5) is 17.6 Å². The van der Waals surface area contributed by atoms with Gasteiger partial charge in [0.15, 0.2) is 0 Å². The third kappa shape index (κ3) is 5.23. The summed E-state index contributed by atoms with van der Waals surface area (Å²) < 4.78 is 63.0. The maximum Gasteiger partial charge on any atom is 0.387 e. The number of benzene rings is 1. The number of halogens is 4.